The lowest BCUT2D eigenvalue weighted by atomic mass is 10.7. The maximum atomic E-state index is 9.81. The van der Waals surface area contributed by atoms with Crippen molar-refractivity contribution < 1.29 is 34.2 Å². The minimum Gasteiger partial charge on any atom is -0.397 e. The van der Waals surface area contributed by atoms with E-state index in [0.29, 0.717) is 0 Å². The van der Waals surface area contributed by atoms with Crippen LogP contribution in [0.4, 0.5) is 0 Å². The molecule has 0 aromatic heterocycles. The van der Waals surface area contributed by atoms with Crippen LogP contribution in [0.25, 0.3) is 0 Å². The van der Waals surface area contributed by atoms with Crippen molar-refractivity contribution in [3.8, 4) is 0 Å². The number of rotatable bonds is 3. The van der Waals surface area contributed by atoms with Crippen molar-refractivity contribution in [1.82, 2.24) is 12.3 Å². The quantitative estimate of drug-likeness (QED) is 0.288. The Hall–Kier alpha value is -0.350. The summed E-state index contributed by atoms with van der Waals surface area (Å²) >= 11 is 0. The van der Waals surface area contributed by atoms with E-state index in [2.05, 4.69) is 11.1 Å². The van der Waals surface area contributed by atoms with Crippen molar-refractivity contribution >= 4 is 7.82 Å². The predicted molar refractivity (Wildman–Crippen MR) is 76.5 cm³/mol. The van der Waals surface area contributed by atoms with Gasteiger partial charge < -0.3 is 37.4 Å². The first-order valence-electron chi connectivity index (χ1n) is 4.94. The van der Waals surface area contributed by atoms with E-state index in [1.54, 1.807) is 20.8 Å². The summed E-state index contributed by atoms with van der Waals surface area (Å²) in [7, 11) is -4.25. The standard InChI is InChI=1S/C3H7O4P.3C2H6O.2H3N/c1-2-3-7-8(4,5)6;3*1-2-3;;/h2H,1,3H2,(H2,4,5,6);3*3H,2H2,1H3;2*1H3. The van der Waals surface area contributed by atoms with E-state index in [1.165, 1.54) is 6.08 Å². The van der Waals surface area contributed by atoms with E-state index in [9.17, 15) is 4.57 Å². The maximum Gasteiger partial charge on any atom is 0.469 e. The van der Waals surface area contributed by atoms with Gasteiger partial charge in [0, 0.05) is 19.8 Å². The highest BCUT2D eigenvalue weighted by Crippen LogP contribution is 2.35. The first-order valence-corrected chi connectivity index (χ1v) is 6.47. The largest absolute Gasteiger partial charge is 0.469 e. The fraction of sp³-hybridized carbons (Fsp3) is 0.778. The van der Waals surface area contributed by atoms with Crippen LogP contribution in [0.5, 0.6) is 0 Å². The molecule has 19 heavy (non-hydrogen) atoms. The zero-order valence-electron chi connectivity index (χ0n) is 12.0. The van der Waals surface area contributed by atoms with Gasteiger partial charge in [-0.3, -0.25) is 4.52 Å². The second-order valence-electron chi connectivity index (χ2n) is 2.02. The van der Waals surface area contributed by atoms with Gasteiger partial charge in [0.15, 0.2) is 0 Å². The van der Waals surface area contributed by atoms with Crippen molar-refractivity contribution in [2.24, 2.45) is 0 Å². The molecule has 11 N–H and O–H groups in total. The molecule has 0 aromatic carbocycles. The van der Waals surface area contributed by atoms with Crippen LogP contribution in [-0.2, 0) is 9.09 Å². The third kappa shape index (κ3) is 200. The summed E-state index contributed by atoms with van der Waals surface area (Å²) in [5.74, 6) is 0. The summed E-state index contributed by atoms with van der Waals surface area (Å²) < 4.78 is 13.7. The molecular formula is C9H31N2O7P. The molecule has 0 fully saturated rings. The molecule has 0 aromatic rings. The van der Waals surface area contributed by atoms with Crippen LogP contribution in [-0.4, -0.2) is 51.5 Å². The van der Waals surface area contributed by atoms with Crippen LogP contribution < -0.4 is 12.3 Å². The molecule has 0 radical (unpaired) electrons. The third-order valence-electron chi connectivity index (χ3n) is 0.361. The molecule has 0 aliphatic carbocycles. The van der Waals surface area contributed by atoms with E-state index in [-0.39, 0.29) is 38.7 Å². The molecule has 0 atom stereocenters. The van der Waals surface area contributed by atoms with Crippen molar-refractivity contribution in [3.63, 3.8) is 0 Å². The number of hydrogen-bond acceptors (Lipinski definition) is 7. The minimum atomic E-state index is -4.25. The Kier molecular flexibility index (Phi) is 68.9. The molecule has 0 bridgehead atoms. The fourth-order valence-corrected chi connectivity index (χ4v) is 0.449. The molecule has 10 heteroatoms. The average Bonchev–Trinajstić information content (AvgIpc) is 2.17. The Morgan fingerprint density at radius 1 is 1.00 bits per heavy atom. The van der Waals surface area contributed by atoms with Gasteiger partial charge in [0.2, 0.25) is 0 Å². The SMILES string of the molecule is C=CCOP(=O)(O)O.CCO.CCO.CCO.N.N. The second-order valence-corrected chi connectivity index (χ2v) is 3.26. The Balaban J connectivity index is -0.0000000329. The predicted octanol–water partition coefficient (Wildman–Crippen LogP) is 0.601. The Morgan fingerprint density at radius 3 is 1.26 bits per heavy atom. The van der Waals surface area contributed by atoms with Gasteiger partial charge in [0.25, 0.3) is 0 Å². The van der Waals surface area contributed by atoms with Crippen LogP contribution in [0, 0.1) is 0 Å². The van der Waals surface area contributed by atoms with E-state index >= 15 is 0 Å². The van der Waals surface area contributed by atoms with E-state index in [1.807, 2.05) is 0 Å². The van der Waals surface area contributed by atoms with Gasteiger partial charge in [0.1, 0.15) is 0 Å². The van der Waals surface area contributed by atoms with E-state index in [4.69, 9.17) is 25.1 Å². The van der Waals surface area contributed by atoms with E-state index in [0.717, 1.165) is 0 Å². The zero-order valence-corrected chi connectivity index (χ0v) is 12.9. The Morgan fingerprint density at radius 2 is 1.21 bits per heavy atom. The summed E-state index contributed by atoms with van der Waals surface area (Å²) in [6.45, 7) is 8.87. The summed E-state index contributed by atoms with van der Waals surface area (Å²) in [6, 6.07) is 0. The van der Waals surface area contributed by atoms with E-state index < -0.39 is 7.82 Å². The highest BCUT2D eigenvalue weighted by Gasteiger charge is 2.10. The number of phosphoric acid groups is 1. The summed E-state index contributed by atoms with van der Waals surface area (Å²) in [5, 5.41) is 22.7. The highest BCUT2D eigenvalue weighted by atomic mass is 31.2. The van der Waals surface area contributed by atoms with Gasteiger partial charge in [-0.25, -0.2) is 4.57 Å². The van der Waals surface area contributed by atoms with Crippen molar-refractivity contribution in [2.45, 2.75) is 20.8 Å². The van der Waals surface area contributed by atoms with Crippen molar-refractivity contribution in [1.29, 1.82) is 0 Å². The fourth-order valence-electron chi connectivity index (χ4n) is 0.150. The van der Waals surface area contributed by atoms with Crippen LogP contribution in [0.1, 0.15) is 20.8 Å². The number of aliphatic hydroxyl groups is 3. The topological polar surface area (TPSA) is 197 Å². The van der Waals surface area contributed by atoms with Crippen LogP contribution >= 0.6 is 7.82 Å². The summed E-state index contributed by atoms with van der Waals surface area (Å²) in [4.78, 5) is 16.0. The lowest BCUT2D eigenvalue weighted by molar-refractivity contribution is 0.216. The van der Waals surface area contributed by atoms with Crippen molar-refractivity contribution in [2.75, 3.05) is 26.4 Å². The van der Waals surface area contributed by atoms with Gasteiger partial charge in [0.05, 0.1) is 6.61 Å². The molecule has 0 spiro atoms. The molecule has 0 heterocycles. The number of hydrogen-bond donors (Lipinski definition) is 7. The normalized spacial score (nSPS) is 7.58. The molecule has 0 saturated carbocycles. The molecular weight excluding hydrogens is 279 g/mol. The molecule has 124 valence electrons. The molecule has 0 saturated heterocycles. The van der Waals surface area contributed by atoms with Gasteiger partial charge in [-0.05, 0) is 20.8 Å². The summed E-state index contributed by atoms with van der Waals surface area (Å²) in [6.07, 6.45) is 1.26. The second kappa shape index (κ2) is 36.1. The molecule has 0 unspecified atom stereocenters. The zero-order chi connectivity index (χ0) is 14.7. The minimum absolute atomic E-state index is 0. The lowest BCUT2D eigenvalue weighted by Gasteiger charge is -1.98. The monoisotopic (exact) mass is 310 g/mol. The third-order valence-corrected chi connectivity index (χ3v) is 0.846. The van der Waals surface area contributed by atoms with Gasteiger partial charge >= 0.3 is 7.82 Å². The molecule has 0 rings (SSSR count). The Bertz CT molecular complexity index is 162. The highest BCUT2D eigenvalue weighted by molar-refractivity contribution is 7.46. The van der Waals surface area contributed by atoms with Gasteiger partial charge in [-0.2, -0.15) is 0 Å². The maximum absolute atomic E-state index is 9.81. The smallest absolute Gasteiger partial charge is 0.397 e. The average molecular weight is 310 g/mol. The molecule has 0 aliphatic rings. The number of phosphoric ester groups is 1. The van der Waals surface area contributed by atoms with Crippen LogP contribution in [0.15, 0.2) is 12.7 Å². The van der Waals surface area contributed by atoms with Crippen molar-refractivity contribution in [3.05, 3.63) is 12.7 Å². The molecule has 9 nitrogen and oxygen atoms in total. The number of aliphatic hydroxyl groups excluding tert-OH is 3. The molecule has 0 aliphatic heterocycles. The Labute approximate surface area is 115 Å². The van der Waals surface area contributed by atoms with Gasteiger partial charge in [-0.15, -0.1) is 6.58 Å². The first-order chi connectivity index (χ1) is 7.80. The lowest BCUT2D eigenvalue weighted by Crippen LogP contribution is -1.86. The van der Waals surface area contributed by atoms with Crippen LogP contribution in [0.2, 0.25) is 0 Å². The van der Waals surface area contributed by atoms with Gasteiger partial charge in [-0.1, -0.05) is 6.08 Å². The first kappa shape index (κ1) is 36.3. The van der Waals surface area contributed by atoms with Crippen LogP contribution in [0.3, 0.4) is 0 Å². The molecule has 0 amide bonds. The summed E-state index contributed by atoms with van der Waals surface area (Å²) in [5.41, 5.74) is 0.